The molecule has 0 aliphatic carbocycles. The van der Waals surface area contributed by atoms with E-state index in [2.05, 4.69) is 30.2 Å². The molecule has 2 N–H and O–H groups in total. The first-order valence-corrected chi connectivity index (χ1v) is 11.3. The largest absolute Gasteiger partial charge is 0.573 e. The van der Waals surface area contributed by atoms with Crippen LogP contribution in [0.15, 0.2) is 54.6 Å². The normalized spacial score (nSPS) is 14.5. The van der Waals surface area contributed by atoms with Crippen molar-refractivity contribution in [2.24, 2.45) is 0 Å². The summed E-state index contributed by atoms with van der Waals surface area (Å²) in [5.74, 6) is 0.541. The summed E-state index contributed by atoms with van der Waals surface area (Å²) in [6.45, 7) is 9.03. The molecule has 0 saturated carbocycles. The fourth-order valence-corrected chi connectivity index (χ4v) is 3.63. The predicted molar refractivity (Wildman–Crippen MR) is 130 cm³/mol. The van der Waals surface area contributed by atoms with Gasteiger partial charge in [0.1, 0.15) is 11.6 Å². The quantitative estimate of drug-likeness (QED) is 0.453. The van der Waals surface area contributed by atoms with Gasteiger partial charge in [-0.1, -0.05) is 12.1 Å². The summed E-state index contributed by atoms with van der Waals surface area (Å²) in [4.78, 5) is 11.3. The zero-order valence-electron chi connectivity index (χ0n) is 19.8. The first kappa shape index (κ1) is 24.6. The molecule has 186 valence electrons. The Kier molecular flexibility index (Phi) is 7.02. The lowest BCUT2D eigenvalue weighted by molar-refractivity contribution is -0.274. The Morgan fingerprint density at radius 2 is 1.66 bits per heavy atom. The number of hydrogen-bond acceptors (Lipinski definition) is 7. The van der Waals surface area contributed by atoms with Crippen molar-refractivity contribution in [3.63, 3.8) is 0 Å². The number of benzene rings is 2. The highest BCUT2D eigenvalue weighted by Crippen LogP contribution is 2.30. The van der Waals surface area contributed by atoms with E-state index >= 15 is 0 Å². The van der Waals surface area contributed by atoms with Gasteiger partial charge in [0.25, 0.3) is 0 Å². The van der Waals surface area contributed by atoms with Crippen LogP contribution in [0.2, 0.25) is 0 Å². The summed E-state index contributed by atoms with van der Waals surface area (Å²) >= 11 is 0. The van der Waals surface area contributed by atoms with Crippen molar-refractivity contribution < 1.29 is 22.6 Å². The molecule has 0 spiro atoms. The second-order valence-corrected chi connectivity index (χ2v) is 9.18. The van der Waals surface area contributed by atoms with E-state index in [4.69, 9.17) is 4.74 Å². The summed E-state index contributed by atoms with van der Waals surface area (Å²) in [6.07, 6.45) is -4.77. The molecular weight excluding hydrogens is 459 g/mol. The van der Waals surface area contributed by atoms with Crippen LogP contribution in [-0.4, -0.2) is 48.2 Å². The third kappa shape index (κ3) is 7.22. The molecule has 0 unspecified atom stereocenters. The van der Waals surface area contributed by atoms with Crippen molar-refractivity contribution in [1.29, 1.82) is 0 Å². The Morgan fingerprint density at radius 1 is 0.943 bits per heavy atom. The van der Waals surface area contributed by atoms with Crippen LogP contribution in [0.3, 0.4) is 0 Å². The molecular formula is C25H28F3N5O2. The van der Waals surface area contributed by atoms with Crippen LogP contribution in [0.5, 0.6) is 5.75 Å². The van der Waals surface area contributed by atoms with Crippen LogP contribution in [-0.2, 0) is 4.74 Å². The molecule has 1 aliphatic rings. The summed E-state index contributed by atoms with van der Waals surface area (Å²) in [5, 5.41) is 6.51. The van der Waals surface area contributed by atoms with Crippen LogP contribution in [0.4, 0.5) is 36.3 Å². The monoisotopic (exact) mass is 487 g/mol. The minimum Gasteiger partial charge on any atom is -0.406 e. The van der Waals surface area contributed by atoms with Gasteiger partial charge in [0.15, 0.2) is 0 Å². The highest BCUT2D eigenvalue weighted by atomic mass is 19.4. The average molecular weight is 488 g/mol. The van der Waals surface area contributed by atoms with E-state index in [1.165, 1.54) is 18.2 Å². The van der Waals surface area contributed by atoms with Gasteiger partial charge in [-0.3, -0.25) is 0 Å². The lowest BCUT2D eigenvalue weighted by Crippen LogP contribution is -2.36. The Bertz CT molecular complexity index is 1140. The smallest absolute Gasteiger partial charge is 0.406 e. The molecule has 4 rings (SSSR count). The van der Waals surface area contributed by atoms with Gasteiger partial charge in [-0.15, -0.1) is 13.2 Å². The Hall–Kier alpha value is -3.53. The number of ether oxygens (including phenoxy) is 2. The van der Waals surface area contributed by atoms with Crippen molar-refractivity contribution in [1.82, 2.24) is 9.97 Å². The maximum atomic E-state index is 12.7. The van der Waals surface area contributed by atoms with Gasteiger partial charge < -0.3 is 25.0 Å². The van der Waals surface area contributed by atoms with Crippen molar-refractivity contribution in [3.8, 4) is 17.0 Å². The number of anilines is 4. The number of nitrogens with one attached hydrogen (secondary N) is 2. The van der Waals surface area contributed by atoms with Crippen molar-refractivity contribution in [2.75, 3.05) is 41.8 Å². The molecule has 0 atom stereocenters. The van der Waals surface area contributed by atoms with Gasteiger partial charge in [0.2, 0.25) is 5.95 Å². The van der Waals surface area contributed by atoms with Crippen molar-refractivity contribution in [2.45, 2.75) is 32.7 Å². The molecule has 10 heteroatoms. The van der Waals surface area contributed by atoms with E-state index in [-0.39, 0.29) is 11.3 Å². The van der Waals surface area contributed by atoms with Gasteiger partial charge in [0.05, 0.1) is 18.9 Å². The predicted octanol–water partition coefficient (Wildman–Crippen LogP) is 5.83. The summed E-state index contributed by atoms with van der Waals surface area (Å²) in [7, 11) is 0. The number of morpholine rings is 1. The maximum absolute atomic E-state index is 12.7. The van der Waals surface area contributed by atoms with Crippen LogP contribution in [0.1, 0.15) is 20.8 Å². The fraction of sp³-hybridized carbons (Fsp3) is 0.360. The molecule has 3 aromatic rings. The zero-order chi connectivity index (χ0) is 25.1. The third-order valence-corrected chi connectivity index (χ3v) is 5.09. The van der Waals surface area contributed by atoms with Crippen LogP contribution >= 0.6 is 0 Å². The van der Waals surface area contributed by atoms with Gasteiger partial charge in [-0.2, -0.15) is 4.98 Å². The van der Waals surface area contributed by atoms with Crippen molar-refractivity contribution in [3.05, 3.63) is 54.6 Å². The molecule has 0 bridgehead atoms. The number of rotatable bonds is 6. The van der Waals surface area contributed by atoms with Crippen molar-refractivity contribution >= 4 is 23.1 Å². The zero-order valence-corrected chi connectivity index (χ0v) is 19.8. The number of nitrogens with zero attached hydrogens (tertiary/aromatic N) is 3. The Labute approximate surface area is 202 Å². The minimum atomic E-state index is -4.77. The molecule has 1 saturated heterocycles. The van der Waals surface area contributed by atoms with Gasteiger partial charge >= 0.3 is 6.36 Å². The third-order valence-electron chi connectivity index (χ3n) is 5.09. The van der Waals surface area contributed by atoms with E-state index in [0.717, 1.165) is 24.5 Å². The molecule has 2 heterocycles. The summed E-state index contributed by atoms with van der Waals surface area (Å²) < 4.78 is 47.6. The SMILES string of the molecule is CC(C)(C)Nc1nc(Nc2ccc(N3CCOCC3)cc2)cc(-c2cccc(OC(F)(F)F)c2)n1. The van der Waals surface area contributed by atoms with Crippen LogP contribution in [0, 0.1) is 0 Å². The lowest BCUT2D eigenvalue weighted by atomic mass is 10.1. The summed E-state index contributed by atoms with van der Waals surface area (Å²) in [6, 6.07) is 15.4. The van der Waals surface area contributed by atoms with E-state index in [1.54, 1.807) is 12.1 Å². The Balaban J connectivity index is 1.61. The molecule has 0 radical (unpaired) electrons. The second-order valence-electron chi connectivity index (χ2n) is 9.18. The highest BCUT2D eigenvalue weighted by Gasteiger charge is 2.31. The standard InChI is InChI=1S/C25H28F3N5O2/c1-24(2,3)32-23-30-21(17-5-4-6-20(15-17)35-25(26,27)28)16-22(31-23)29-18-7-9-19(10-8-18)33-11-13-34-14-12-33/h4-10,15-16H,11-14H2,1-3H3,(H2,29,30,31,32). The summed E-state index contributed by atoms with van der Waals surface area (Å²) in [5.41, 5.74) is 2.53. The van der Waals surface area contributed by atoms with Gasteiger partial charge in [-0.25, -0.2) is 4.98 Å². The maximum Gasteiger partial charge on any atom is 0.573 e. The molecule has 1 fully saturated rings. The van der Waals surface area contributed by atoms with E-state index in [0.29, 0.717) is 36.2 Å². The number of alkyl halides is 3. The molecule has 7 nitrogen and oxygen atoms in total. The van der Waals surface area contributed by atoms with E-state index < -0.39 is 6.36 Å². The van der Waals surface area contributed by atoms with E-state index in [1.807, 2.05) is 45.0 Å². The molecule has 1 aromatic heterocycles. The average Bonchev–Trinajstić information content (AvgIpc) is 2.78. The molecule has 1 aliphatic heterocycles. The van der Waals surface area contributed by atoms with Crippen LogP contribution in [0.25, 0.3) is 11.3 Å². The first-order valence-electron chi connectivity index (χ1n) is 11.3. The topological polar surface area (TPSA) is 71.5 Å². The fourth-order valence-electron chi connectivity index (χ4n) is 3.63. The highest BCUT2D eigenvalue weighted by molar-refractivity contribution is 5.69. The number of halogens is 3. The van der Waals surface area contributed by atoms with E-state index in [9.17, 15) is 13.2 Å². The minimum absolute atomic E-state index is 0.313. The second kappa shape index (κ2) is 9.99. The van der Waals surface area contributed by atoms with Gasteiger partial charge in [-0.05, 0) is 57.2 Å². The van der Waals surface area contributed by atoms with Gasteiger partial charge in [0, 0.05) is 41.6 Å². The number of aromatic nitrogens is 2. The molecule has 0 amide bonds. The van der Waals surface area contributed by atoms with Crippen LogP contribution < -0.4 is 20.3 Å². The first-order chi connectivity index (χ1) is 16.5. The lowest BCUT2D eigenvalue weighted by Gasteiger charge is -2.29. The number of hydrogen-bond donors (Lipinski definition) is 2. The Morgan fingerprint density at radius 3 is 2.31 bits per heavy atom. The molecule has 35 heavy (non-hydrogen) atoms. The molecule has 2 aromatic carbocycles.